The second kappa shape index (κ2) is 12.9. The van der Waals surface area contributed by atoms with Gasteiger partial charge in [0.1, 0.15) is 23.3 Å². The maximum Gasteiger partial charge on any atom is 0.390 e. The van der Waals surface area contributed by atoms with E-state index in [1.807, 2.05) is 6.92 Å². The second-order valence-corrected chi connectivity index (χ2v) is 12.5. The molecular formula is C30H30F2NO6PS. The summed E-state index contributed by atoms with van der Waals surface area (Å²) in [5, 5.41) is 3.80. The highest BCUT2D eigenvalue weighted by Crippen LogP contribution is 2.63. The van der Waals surface area contributed by atoms with Gasteiger partial charge in [-0.3, -0.25) is 9.36 Å². The summed E-state index contributed by atoms with van der Waals surface area (Å²) >= 11 is 1.08. The number of rotatable bonds is 13. The minimum absolute atomic E-state index is 0.00974. The molecule has 1 heterocycles. The summed E-state index contributed by atoms with van der Waals surface area (Å²) < 4.78 is 63.5. The Morgan fingerprint density at radius 3 is 2.59 bits per heavy atom. The Hall–Kier alpha value is -3.59. The van der Waals surface area contributed by atoms with E-state index in [9.17, 15) is 14.2 Å². The van der Waals surface area contributed by atoms with Gasteiger partial charge in [0, 0.05) is 15.6 Å². The number of benzene rings is 3. The number of nitrogens with one attached hydrogen (secondary N) is 1. The van der Waals surface area contributed by atoms with Crippen molar-refractivity contribution in [1.82, 2.24) is 5.09 Å². The van der Waals surface area contributed by atoms with Gasteiger partial charge in [0.2, 0.25) is 0 Å². The highest BCUT2D eigenvalue weighted by atomic mass is 32.1. The number of ether oxygens (including phenoxy) is 2. The fourth-order valence-electron chi connectivity index (χ4n) is 4.04. The molecule has 0 amide bonds. The van der Waals surface area contributed by atoms with Crippen LogP contribution in [0.5, 0.6) is 5.75 Å². The molecule has 0 bridgehead atoms. The normalized spacial score (nSPS) is 13.9. The molecule has 0 saturated heterocycles. The van der Waals surface area contributed by atoms with Crippen LogP contribution in [-0.2, 0) is 24.5 Å². The molecule has 0 aliphatic carbocycles. The third-order valence-electron chi connectivity index (χ3n) is 6.20. The van der Waals surface area contributed by atoms with Crippen molar-refractivity contribution in [1.29, 1.82) is 0 Å². The highest BCUT2D eigenvalue weighted by molar-refractivity contribution is 7.58. The lowest BCUT2D eigenvalue weighted by Gasteiger charge is -2.30. The topological polar surface area (TPSA) is 90.9 Å². The molecule has 4 aromatic rings. The molecule has 7 nitrogen and oxygen atoms in total. The van der Waals surface area contributed by atoms with Crippen LogP contribution in [0.15, 0.2) is 79.4 Å². The van der Waals surface area contributed by atoms with Crippen LogP contribution in [0.3, 0.4) is 0 Å². The molecule has 3 aromatic carbocycles. The predicted octanol–water partition coefficient (Wildman–Crippen LogP) is 8.04. The minimum Gasteiger partial charge on any atom is -0.465 e. The first-order valence-electron chi connectivity index (χ1n) is 13.0. The van der Waals surface area contributed by atoms with Gasteiger partial charge in [-0.2, -0.15) is 8.78 Å². The number of unbranched alkanes of at least 4 members (excludes halogenated alkanes) is 1. The summed E-state index contributed by atoms with van der Waals surface area (Å²) in [5.74, 6) is -1.47. The molecule has 0 fully saturated rings. The molecular weight excluding hydrogens is 571 g/mol. The van der Waals surface area contributed by atoms with Crippen LogP contribution < -0.4 is 9.61 Å². The molecule has 0 saturated carbocycles. The Bertz CT molecular complexity index is 1620. The van der Waals surface area contributed by atoms with Crippen molar-refractivity contribution in [3.8, 4) is 5.75 Å². The number of carbonyl (C=O) groups is 2. The molecule has 0 aliphatic heterocycles. The third-order valence-corrected chi connectivity index (χ3v) is 9.48. The number of hydrogen-bond donors (Lipinski definition) is 1. The van der Waals surface area contributed by atoms with Crippen molar-refractivity contribution in [2.75, 3.05) is 13.2 Å². The Balaban J connectivity index is 1.73. The van der Waals surface area contributed by atoms with Gasteiger partial charge in [-0.15, -0.1) is 11.3 Å². The Labute approximate surface area is 240 Å². The molecule has 11 heteroatoms. The Kier molecular flexibility index (Phi) is 9.58. The van der Waals surface area contributed by atoms with Crippen LogP contribution in [0.25, 0.3) is 20.9 Å². The summed E-state index contributed by atoms with van der Waals surface area (Å²) in [5.41, 5.74) is -4.71. The summed E-state index contributed by atoms with van der Waals surface area (Å²) in [6, 6.07) is 15.5. The second-order valence-electron chi connectivity index (χ2n) is 9.28. The predicted molar refractivity (Wildman–Crippen MR) is 157 cm³/mol. The number of halogens is 2. The van der Waals surface area contributed by atoms with Gasteiger partial charge in [0.15, 0.2) is 0 Å². The monoisotopic (exact) mass is 601 g/mol. The van der Waals surface area contributed by atoms with Crippen LogP contribution in [0.4, 0.5) is 8.78 Å². The zero-order chi connectivity index (χ0) is 29.6. The van der Waals surface area contributed by atoms with Crippen molar-refractivity contribution in [2.45, 2.75) is 38.4 Å². The zero-order valence-corrected chi connectivity index (χ0v) is 24.3. The van der Waals surface area contributed by atoms with E-state index in [0.717, 1.165) is 29.9 Å². The summed E-state index contributed by atoms with van der Waals surface area (Å²) in [6.07, 6.45) is 2.79. The summed E-state index contributed by atoms with van der Waals surface area (Å²) in [4.78, 5) is 25.1. The molecule has 1 aromatic heterocycles. The number of hydrogen-bond acceptors (Lipinski definition) is 7. The van der Waals surface area contributed by atoms with Gasteiger partial charge in [0.05, 0.1) is 6.61 Å². The lowest BCUT2D eigenvalue weighted by atomic mass is 10.1. The minimum atomic E-state index is -5.21. The van der Waals surface area contributed by atoms with E-state index in [-0.39, 0.29) is 23.8 Å². The first-order valence-corrected chi connectivity index (χ1v) is 15.5. The van der Waals surface area contributed by atoms with Crippen LogP contribution in [0, 0.1) is 0 Å². The molecule has 2 atom stereocenters. The quantitative estimate of drug-likeness (QED) is 0.0718. The Morgan fingerprint density at radius 1 is 1.07 bits per heavy atom. The SMILES string of the molecule is C=CCOC(=O)c1cc2cc(C(F)(F)P(=O)(NC(C)C(=O)OCCCC)Oc3cccc4ccccc34)ccc2s1. The molecule has 216 valence electrons. The van der Waals surface area contributed by atoms with Crippen LogP contribution in [0.1, 0.15) is 41.9 Å². The van der Waals surface area contributed by atoms with Gasteiger partial charge < -0.3 is 14.0 Å². The standard InChI is InChI=1S/C30H30F2NO6PS/c1-4-6-17-38-28(34)20(3)33-40(36,39-25-13-9-11-21-10-7-8-12-24(21)25)30(31,32)23-14-15-26-22(18-23)19-27(41-26)29(35)37-16-5-2/h5,7-15,18-20H,2,4,6,16-17H2,1,3H3,(H,33,36). The van der Waals surface area contributed by atoms with Gasteiger partial charge in [-0.05, 0) is 48.4 Å². The number of carbonyl (C=O) groups excluding carboxylic acids is 2. The van der Waals surface area contributed by atoms with Gasteiger partial charge in [-0.1, -0.05) is 68.5 Å². The fraction of sp³-hybridized carbons (Fsp3) is 0.267. The number of alkyl halides is 2. The van der Waals surface area contributed by atoms with E-state index in [0.29, 0.717) is 27.3 Å². The van der Waals surface area contributed by atoms with Gasteiger partial charge >= 0.3 is 25.1 Å². The highest BCUT2D eigenvalue weighted by Gasteiger charge is 2.56. The van der Waals surface area contributed by atoms with Crippen molar-refractivity contribution in [2.24, 2.45) is 0 Å². The molecule has 0 aliphatic rings. The molecule has 41 heavy (non-hydrogen) atoms. The number of fused-ring (bicyclic) bond motifs is 2. The maximum absolute atomic E-state index is 16.4. The van der Waals surface area contributed by atoms with Crippen LogP contribution in [-0.4, -0.2) is 31.2 Å². The van der Waals surface area contributed by atoms with Crippen molar-refractivity contribution in [3.05, 3.63) is 89.8 Å². The fourth-order valence-corrected chi connectivity index (χ4v) is 6.83. The average molecular weight is 602 g/mol. The lowest BCUT2D eigenvalue weighted by molar-refractivity contribution is -0.145. The lowest BCUT2D eigenvalue weighted by Crippen LogP contribution is -2.39. The summed E-state index contributed by atoms with van der Waals surface area (Å²) in [7, 11) is -5.21. The number of thiophene rings is 1. The maximum atomic E-state index is 16.4. The average Bonchev–Trinajstić information content (AvgIpc) is 3.40. The van der Waals surface area contributed by atoms with E-state index in [1.54, 1.807) is 36.4 Å². The van der Waals surface area contributed by atoms with E-state index in [1.165, 1.54) is 31.2 Å². The number of esters is 2. The molecule has 0 spiro atoms. The van der Waals surface area contributed by atoms with E-state index < -0.39 is 36.7 Å². The first-order chi connectivity index (χ1) is 19.6. The zero-order valence-electron chi connectivity index (χ0n) is 22.6. The van der Waals surface area contributed by atoms with E-state index in [2.05, 4.69) is 11.7 Å². The van der Waals surface area contributed by atoms with Gasteiger partial charge in [0.25, 0.3) is 0 Å². The van der Waals surface area contributed by atoms with E-state index >= 15 is 8.78 Å². The molecule has 4 rings (SSSR count). The molecule has 1 N–H and O–H groups in total. The molecule has 2 unspecified atom stereocenters. The van der Waals surface area contributed by atoms with Gasteiger partial charge in [-0.25, -0.2) is 9.88 Å². The Morgan fingerprint density at radius 2 is 1.83 bits per heavy atom. The molecule has 0 radical (unpaired) electrons. The van der Waals surface area contributed by atoms with Crippen molar-refractivity contribution >= 4 is 51.7 Å². The largest absolute Gasteiger partial charge is 0.465 e. The summed E-state index contributed by atoms with van der Waals surface area (Å²) in [6.45, 7) is 6.83. The first kappa shape index (κ1) is 30.4. The third kappa shape index (κ3) is 6.67. The van der Waals surface area contributed by atoms with Crippen LogP contribution in [0.2, 0.25) is 0 Å². The van der Waals surface area contributed by atoms with Crippen LogP contribution >= 0.6 is 18.9 Å². The van der Waals surface area contributed by atoms with Crippen molar-refractivity contribution in [3.63, 3.8) is 0 Å². The van der Waals surface area contributed by atoms with E-state index in [4.69, 9.17) is 14.0 Å². The smallest absolute Gasteiger partial charge is 0.390 e. The van der Waals surface area contributed by atoms with Crippen molar-refractivity contribution < 1.29 is 36.9 Å².